The van der Waals surface area contributed by atoms with Crippen LogP contribution in [0, 0.1) is 0 Å². The van der Waals surface area contributed by atoms with Crippen molar-refractivity contribution in [3.63, 3.8) is 0 Å². The van der Waals surface area contributed by atoms with Crippen molar-refractivity contribution in [2.45, 2.75) is 50.7 Å². The first kappa shape index (κ1) is 14.7. The Morgan fingerprint density at radius 2 is 1.82 bits per heavy atom. The van der Waals surface area contributed by atoms with Gasteiger partial charge < -0.3 is 10.2 Å². The van der Waals surface area contributed by atoms with Crippen LogP contribution in [-0.2, 0) is 0 Å². The van der Waals surface area contributed by atoms with E-state index in [-0.39, 0.29) is 10.8 Å². The fourth-order valence-electron chi connectivity index (χ4n) is 2.31. The summed E-state index contributed by atoms with van der Waals surface area (Å²) in [5.41, 5.74) is 0. The maximum Gasteiger partial charge on any atom is 0.317 e. The number of amides is 2. The molecule has 2 amide bonds. The first-order valence-corrected chi connectivity index (χ1v) is 7.98. The molecule has 0 spiro atoms. The Kier molecular flexibility index (Phi) is 6.17. The van der Waals surface area contributed by atoms with E-state index in [2.05, 4.69) is 25.4 Å². The summed E-state index contributed by atoms with van der Waals surface area (Å²) in [4.78, 5) is 14.0. The minimum Gasteiger partial charge on any atom is -0.337 e. The second-order valence-electron chi connectivity index (χ2n) is 4.80. The van der Waals surface area contributed by atoms with Crippen molar-refractivity contribution in [2.24, 2.45) is 0 Å². The molecule has 1 aliphatic heterocycles. The van der Waals surface area contributed by atoms with Gasteiger partial charge in [-0.2, -0.15) is 11.8 Å². The minimum atomic E-state index is 0.130. The summed E-state index contributed by atoms with van der Waals surface area (Å²) < 4.78 is 0.214. The summed E-state index contributed by atoms with van der Waals surface area (Å²) >= 11 is 1.87. The van der Waals surface area contributed by atoms with E-state index in [0.717, 1.165) is 45.3 Å². The van der Waals surface area contributed by atoms with Gasteiger partial charge in [-0.1, -0.05) is 13.8 Å². The lowest BCUT2D eigenvalue weighted by Crippen LogP contribution is -2.47. The largest absolute Gasteiger partial charge is 0.337 e. The van der Waals surface area contributed by atoms with Gasteiger partial charge in [0, 0.05) is 24.4 Å². The molecule has 0 aromatic rings. The summed E-state index contributed by atoms with van der Waals surface area (Å²) in [5.74, 6) is 0. The van der Waals surface area contributed by atoms with Crippen molar-refractivity contribution in [1.29, 1.82) is 0 Å². The highest BCUT2D eigenvalue weighted by atomic mass is 32.2. The van der Waals surface area contributed by atoms with Gasteiger partial charge >= 0.3 is 6.03 Å². The van der Waals surface area contributed by atoms with Crippen LogP contribution in [0.2, 0.25) is 0 Å². The zero-order valence-corrected chi connectivity index (χ0v) is 12.2. The van der Waals surface area contributed by atoms with E-state index in [1.54, 1.807) is 0 Å². The molecule has 1 rings (SSSR count). The number of likely N-dealkylation sites (tertiary alicyclic amines) is 1. The SMILES string of the molecule is CCC(CC)(CNC(=O)N1CCCCC1)SC. The molecular formula is C13H26N2OS. The van der Waals surface area contributed by atoms with E-state index in [0.29, 0.717) is 0 Å². The highest BCUT2D eigenvalue weighted by Crippen LogP contribution is 2.29. The number of thioether (sulfide) groups is 1. The fraction of sp³-hybridized carbons (Fsp3) is 0.923. The van der Waals surface area contributed by atoms with E-state index in [4.69, 9.17) is 0 Å². The Bertz CT molecular complexity index is 227. The molecule has 0 atom stereocenters. The Balaban J connectivity index is 2.40. The number of urea groups is 1. The molecule has 17 heavy (non-hydrogen) atoms. The number of hydrogen-bond acceptors (Lipinski definition) is 2. The molecule has 0 bridgehead atoms. The average molecular weight is 258 g/mol. The highest BCUT2D eigenvalue weighted by molar-refractivity contribution is 8.00. The van der Waals surface area contributed by atoms with E-state index < -0.39 is 0 Å². The van der Waals surface area contributed by atoms with Crippen LogP contribution >= 0.6 is 11.8 Å². The Morgan fingerprint density at radius 3 is 2.29 bits per heavy atom. The van der Waals surface area contributed by atoms with Crippen LogP contribution in [-0.4, -0.2) is 41.6 Å². The van der Waals surface area contributed by atoms with Crippen molar-refractivity contribution in [1.82, 2.24) is 10.2 Å². The predicted molar refractivity (Wildman–Crippen MR) is 75.7 cm³/mol. The van der Waals surface area contributed by atoms with Gasteiger partial charge in [0.15, 0.2) is 0 Å². The van der Waals surface area contributed by atoms with Crippen molar-refractivity contribution < 1.29 is 4.79 Å². The number of rotatable bonds is 5. The molecule has 0 unspecified atom stereocenters. The molecule has 3 nitrogen and oxygen atoms in total. The summed E-state index contributed by atoms with van der Waals surface area (Å²) in [6.45, 7) is 7.04. The number of carbonyl (C=O) groups is 1. The van der Waals surface area contributed by atoms with Crippen LogP contribution < -0.4 is 5.32 Å². The Hall–Kier alpha value is -0.380. The number of hydrogen-bond donors (Lipinski definition) is 1. The molecule has 0 aromatic heterocycles. The average Bonchev–Trinajstić information content (AvgIpc) is 2.41. The molecular weight excluding hydrogens is 232 g/mol. The maximum absolute atomic E-state index is 12.0. The minimum absolute atomic E-state index is 0.130. The number of piperidine rings is 1. The van der Waals surface area contributed by atoms with Crippen LogP contribution in [0.5, 0.6) is 0 Å². The van der Waals surface area contributed by atoms with Crippen LogP contribution in [0.15, 0.2) is 0 Å². The van der Waals surface area contributed by atoms with Gasteiger partial charge in [0.05, 0.1) is 0 Å². The van der Waals surface area contributed by atoms with Crippen LogP contribution in [0.3, 0.4) is 0 Å². The Morgan fingerprint density at radius 1 is 1.24 bits per heavy atom. The van der Waals surface area contributed by atoms with Crippen LogP contribution in [0.4, 0.5) is 4.79 Å². The van der Waals surface area contributed by atoms with Gasteiger partial charge in [-0.3, -0.25) is 0 Å². The lowest BCUT2D eigenvalue weighted by molar-refractivity contribution is 0.185. The van der Waals surface area contributed by atoms with Gasteiger partial charge in [0.2, 0.25) is 0 Å². The third-order valence-corrected chi connectivity index (χ3v) is 5.51. The third kappa shape index (κ3) is 4.09. The molecule has 0 radical (unpaired) electrons. The monoisotopic (exact) mass is 258 g/mol. The van der Waals surface area contributed by atoms with Crippen LogP contribution in [0.25, 0.3) is 0 Å². The molecule has 1 fully saturated rings. The molecule has 100 valence electrons. The Labute approximate surface area is 110 Å². The summed E-state index contributed by atoms with van der Waals surface area (Å²) in [6.07, 6.45) is 7.92. The molecule has 1 heterocycles. The van der Waals surface area contributed by atoms with Gasteiger partial charge in [-0.25, -0.2) is 4.79 Å². The van der Waals surface area contributed by atoms with Gasteiger partial charge in [-0.05, 0) is 38.4 Å². The number of nitrogens with zero attached hydrogens (tertiary/aromatic N) is 1. The van der Waals surface area contributed by atoms with Crippen molar-refractivity contribution >= 4 is 17.8 Å². The van der Waals surface area contributed by atoms with Crippen molar-refractivity contribution in [2.75, 3.05) is 25.9 Å². The number of nitrogens with one attached hydrogen (secondary N) is 1. The van der Waals surface area contributed by atoms with Gasteiger partial charge in [-0.15, -0.1) is 0 Å². The third-order valence-electron chi connectivity index (χ3n) is 3.93. The van der Waals surface area contributed by atoms with Crippen molar-refractivity contribution in [3.05, 3.63) is 0 Å². The second kappa shape index (κ2) is 7.14. The molecule has 0 saturated carbocycles. The van der Waals surface area contributed by atoms with Gasteiger partial charge in [0.1, 0.15) is 0 Å². The lowest BCUT2D eigenvalue weighted by atomic mass is 10.0. The number of carbonyl (C=O) groups excluding carboxylic acids is 1. The standard InChI is InChI=1S/C13H26N2OS/c1-4-13(5-2,17-3)11-14-12(16)15-9-7-6-8-10-15/h4-11H2,1-3H3,(H,14,16). The smallest absolute Gasteiger partial charge is 0.317 e. The molecule has 1 aliphatic rings. The molecule has 4 heteroatoms. The van der Waals surface area contributed by atoms with Crippen molar-refractivity contribution in [3.8, 4) is 0 Å². The lowest BCUT2D eigenvalue weighted by Gasteiger charge is -2.32. The summed E-state index contributed by atoms with van der Waals surface area (Å²) in [7, 11) is 0. The topological polar surface area (TPSA) is 32.3 Å². The predicted octanol–water partition coefficient (Wildman–Crippen LogP) is 3.10. The maximum atomic E-state index is 12.0. The normalized spacial score (nSPS) is 17.0. The first-order valence-electron chi connectivity index (χ1n) is 6.75. The van der Waals surface area contributed by atoms with E-state index in [1.807, 2.05) is 16.7 Å². The second-order valence-corrected chi connectivity index (χ2v) is 6.07. The highest BCUT2D eigenvalue weighted by Gasteiger charge is 2.26. The van der Waals surface area contributed by atoms with E-state index in [9.17, 15) is 4.79 Å². The molecule has 1 N–H and O–H groups in total. The van der Waals surface area contributed by atoms with E-state index in [1.165, 1.54) is 6.42 Å². The zero-order chi connectivity index (χ0) is 12.7. The van der Waals surface area contributed by atoms with Gasteiger partial charge in [0.25, 0.3) is 0 Å². The zero-order valence-electron chi connectivity index (χ0n) is 11.4. The van der Waals surface area contributed by atoms with Crippen LogP contribution in [0.1, 0.15) is 46.0 Å². The summed E-state index contributed by atoms with van der Waals surface area (Å²) in [5, 5.41) is 3.11. The first-order chi connectivity index (χ1) is 8.17. The molecule has 0 aliphatic carbocycles. The quantitative estimate of drug-likeness (QED) is 0.822. The summed E-state index contributed by atoms with van der Waals surface area (Å²) in [6, 6.07) is 0.130. The fourth-order valence-corrected chi connectivity index (χ4v) is 3.10. The molecule has 1 saturated heterocycles. The van der Waals surface area contributed by atoms with E-state index >= 15 is 0 Å². The molecule has 0 aromatic carbocycles.